The normalized spacial score (nSPS) is 11.0. The van der Waals surface area contributed by atoms with Gasteiger partial charge in [0.25, 0.3) is 5.91 Å². The molecule has 0 aliphatic carbocycles. The molecule has 2 aromatic heterocycles. The fourth-order valence-electron chi connectivity index (χ4n) is 2.76. The van der Waals surface area contributed by atoms with Gasteiger partial charge in [0.1, 0.15) is 11.3 Å². The molecule has 0 radical (unpaired) electrons. The van der Waals surface area contributed by atoms with Crippen LogP contribution in [0.5, 0.6) is 0 Å². The number of benzene rings is 1. The number of carbonyl (C=O) groups excluding carboxylic acids is 1. The number of aromatic nitrogens is 2. The molecule has 2 heterocycles. The van der Waals surface area contributed by atoms with E-state index in [9.17, 15) is 4.79 Å². The maximum atomic E-state index is 12.9. The zero-order valence-electron chi connectivity index (χ0n) is 14.1. The first-order valence-corrected chi connectivity index (χ1v) is 8.43. The third-order valence-corrected chi connectivity index (χ3v) is 4.46. The fraction of sp³-hybridized carbons (Fsp3) is 0.263. The number of fused-ring (bicyclic) bond motifs is 1. The Morgan fingerprint density at radius 2 is 2.04 bits per heavy atom. The van der Waals surface area contributed by atoms with Crippen LogP contribution in [0.2, 0.25) is 5.02 Å². The Kier molecular flexibility index (Phi) is 4.58. The standard InChI is InChI=1S/C19H20ClN3O/c1-4-6-16-17(23-10-5-7-13(3)18(23)22-16)19(24)21-14-9-8-12(2)15(20)11-14/h5,7-11H,4,6H2,1-3H3,(H,21,24). The third-order valence-electron chi connectivity index (χ3n) is 4.05. The molecule has 3 rings (SSSR count). The Bertz CT molecular complexity index is 914. The number of pyridine rings is 1. The van der Waals surface area contributed by atoms with Crippen molar-refractivity contribution in [1.29, 1.82) is 0 Å². The molecule has 0 saturated heterocycles. The summed E-state index contributed by atoms with van der Waals surface area (Å²) in [5, 5.41) is 3.57. The van der Waals surface area contributed by atoms with Crippen LogP contribution >= 0.6 is 11.6 Å². The van der Waals surface area contributed by atoms with Crippen LogP contribution in [0.25, 0.3) is 5.65 Å². The first-order valence-electron chi connectivity index (χ1n) is 8.05. The number of imidazole rings is 1. The van der Waals surface area contributed by atoms with Crippen molar-refractivity contribution in [1.82, 2.24) is 9.38 Å². The van der Waals surface area contributed by atoms with E-state index in [0.29, 0.717) is 16.4 Å². The summed E-state index contributed by atoms with van der Waals surface area (Å²) in [5.41, 5.74) is 4.95. The van der Waals surface area contributed by atoms with Gasteiger partial charge in [-0.1, -0.05) is 37.1 Å². The van der Waals surface area contributed by atoms with Crippen LogP contribution in [0, 0.1) is 13.8 Å². The van der Waals surface area contributed by atoms with Crippen LogP contribution in [0.3, 0.4) is 0 Å². The Labute approximate surface area is 146 Å². The summed E-state index contributed by atoms with van der Waals surface area (Å²) in [5.74, 6) is -0.170. The van der Waals surface area contributed by atoms with Crippen molar-refractivity contribution in [2.45, 2.75) is 33.6 Å². The van der Waals surface area contributed by atoms with Crippen molar-refractivity contribution in [2.75, 3.05) is 5.32 Å². The maximum Gasteiger partial charge on any atom is 0.274 e. The lowest BCUT2D eigenvalue weighted by atomic mass is 10.2. The Morgan fingerprint density at radius 1 is 1.25 bits per heavy atom. The number of hydrogen-bond donors (Lipinski definition) is 1. The number of rotatable bonds is 4. The summed E-state index contributed by atoms with van der Waals surface area (Å²) in [6.45, 7) is 6.01. The third kappa shape index (κ3) is 3.02. The molecule has 0 spiro atoms. The van der Waals surface area contributed by atoms with E-state index in [1.54, 1.807) is 6.07 Å². The zero-order chi connectivity index (χ0) is 17.3. The second kappa shape index (κ2) is 6.65. The van der Waals surface area contributed by atoms with Crippen molar-refractivity contribution < 1.29 is 4.79 Å². The Morgan fingerprint density at radius 3 is 2.75 bits per heavy atom. The first-order chi connectivity index (χ1) is 11.5. The number of nitrogens with zero attached hydrogens (tertiary/aromatic N) is 2. The van der Waals surface area contributed by atoms with Gasteiger partial charge in [-0.25, -0.2) is 4.98 Å². The summed E-state index contributed by atoms with van der Waals surface area (Å²) in [6, 6.07) is 9.44. The molecule has 24 heavy (non-hydrogen) atoms. The molecule has 124 valence electrons. The number of halogens is 1. The molecule has 5 heteroatoms. The molecule has 3 aromatic rings. The molecule has 0 atom stereocenters. The summed E-state index contributed by atoms with van der Waals surface area (Å²) in [6.07, 6.45) is 3.57. The van der Waals surface area contributed by atoms with E-state index in [-0.39, 0.29) is 5.91 Å². The highest BCUT2D eigenvalue weighted by Crippen LogP contribution is 2.22. The molecule has 0 saturated carbocycles. The topological polar surface area (TPSA) is 46.4 Å². The highest BCUT2D eigenvalue weighted by Gasteiger charge is 2.19. The van der Waals surface area contributed by atoms with Crippen molar-refractivity contribution in [3.8, 4) is 0 Å². The smallest absolute Gasteiger partial charge is 0.274 e. The van der Waals surface area contributed by atoms with E-state index >= 15 is 0 Å². The molecule has 1 aromatic carbocycles. The average Bonchev–Trinajstić information content (AvgIpc) is 2.91. The van der Waals surface area contributed by atoms with E-state index in [2.05, 4.69) is 17.2 Å². The molecular weight excluding hydrogens is 322 g/mol. The maximum absolute atomic E-state index is 12.9. The van der Waals surface area contributed by atoms with Crippen molar-refractivity contribution in [2.24, 2.45) is 0 Å². The van der Waals surface area contributed by atoms with Gasteiger partial charge in [-0.3, -0.25) is 9.20 Å². The minimum absolute atomic E-state index is 0.170. The lowest BCUT2D eigenvalue weighted by Crippen LogP contribution is -2.16. The molecule has 0 unspecified atom stereocenters. The van der Waals surface area contributed by atoms with E-state index in [0.717, 1.165) is 35.3 Å². The molecule has 1 N–H and O–H groups in total. The van der Waals surface area contributed by atoms with Gasteiger partial charge in [0, 0.05) is 16.9 Å². The zero-order valence-corrected chi connectivity index (χ0v) is 14.8. The van der Waals surface area contributed by atoms with Crippen LogP contribution in [0.4, 0.5) is 5.69 Å². The summed E-state index contributed by atoms with van der Waals surface area (Å²) in [4.78, 5) is 17.5. The fourth-order valence-corrected chi connectivity index (χ4v) is 2.94. The summed E-state index contributed by atoms with van der Waals surface area (Å²) < 4.78 is 1.87. The predicted octanol–water partition coefficient (Wildman–Crippen LogP) is 4.81. The minimum Gasteiger partial charge on any atom is -0.321 e. The molecular formula is C19H20ClN3O. The van der Waals surface area contributed by atoms with Gasteiger partial charge in [-0.05, 0) is 49.6 Å². The Hall–Kier alpha value is -2.33. The Balaban J connectivity index is 2.03. The van der Waals surface area contributed by atoms with Crippen LogP contribution in [0.15, 0.2) is 36.5 Å². The van der Waals surface area contributed by atoms with E-state index in [1.807, 2.05) is 48.7 Å². The monoisotopic (exact) mass is 341 g/mol. The van der Waals surface area contributed by atoms with Gasteiger partial charge in [0.05, 0.1) is 5.69 Å². The second-order valence-electron chi connectivity index (χ2n) is 5.96. The van der Waals surface area contributed by atoms with Gasteiger partial charge in [-0.15, -0.1) is 0 Å². The van der Waals surface area contributed by atoms with Gasteiger partial charge >= 0.3 is 0 Å². The van der Waals surface area contributed by atoms with E-state index < -0.39 is 0 Å². The largest absolute Gasteiger partial charge is 0.321 e. The SMILES string of the molecule is CCCc1nc2c(C)cccn2c1C(=O)Nc1ccc(C)c(Cl)c1. The van der Waals surface area contributed by atoms with Crippen molar-refractivity contribution in [3.05, 3.63) is 64.1 Å². The highest BCUT2D eigenvalue weighted by atomic mass is 35.5. The van der Waals surface area contributed by atoms with Gasteiger partial charge in [0.15, 0.2) is 0 Å². The second-order valence-corrected chi connectivity index (χ2v) is 6.37. The average molecular weight is 342 g/mol. The number of nitrogens with one attached hydrogen (secondary N) is 1. The molecule has 0 bridgehead atoms. The number of amides is 1. The summed E-state index contributed by atoms with van der Waals surface area (Å²) >= 11 is 6.15. The van der Waals surface area contributed by atoms with Gasteiger partial charge < -0.3 is 5.32 Å². The van der Waals surface area contributed by atoms with Crippen molar-refractivity contribution in [3.63, 3.8) is 0 Å². The van der Waals surface area contributed by atoms with E-state index in [4.69, 9.17) is 11.6 Å². The summed E-state index contributed by atoms with van der Waals surface area (Å²) in [7, 11) is 0. The van der Waals surface area contributed by atoms with Crippen LogP contribution < -0.4 is 5.32 Å². The molecule has 1 amide bonds. The number of anilines is 1. The minimum atomic E-state index is -0.170. The highest BCUT2D eigenvalue weighted by molar-refractivity contribution is 6.31. The molecule has 0 aliphatic rings. The molecule has 4 nitrogen and oxygen atoms in total. The van der Waals surface area contributed by atoms with Crippen molar-refractivity contribution >= 4 is 28.8 Å². The van der Waals surface area contributed by atoms with Crippen LogP contribution in [-0.4, -0.2) is 15.3 Å². The first kappa shape index (κ1) is 16.5. The molecule has 0 fully saturated rings. The quantitative estimate of drug-likeness (QED) is 0.740. The predicted molar refractivity (Wildman–Crippen MR) is 98.1 cm³/mol. The number of hydrogen-bond acceptors (Lipinski definition) is 2. The van der Waals surface area contributed by atoms with Crippen LogP contribution in [0.1, 0.15) is 40.7 Å². The van der Waals surface area contributed by atoms with Gasteiger partial charge in [-0.2, -0.15) is 0 Å². The lowest BCUT2D eigenvalue weighted by Gasteiger charge is -2.08. The van der Waals surface area contributed by atoms with Crippen LogP contribution in [-0.2, 0) is 6.42 Å². The number of aryl methyl sites for hydroxylation is 3. The van der Waals surface area contributed by atoms with E-state index in [1.165, 1.54) is 0 Å². The lowest BCUT2D eigenvalue weighted by molar-refractivity contribution is 0.102. The number of carbonyl (C=O) groups is 1. The van der Waals surface area contributed by atoms with Gasteiger partial charge in [0.2, 0.25) is 0 Å². The molecule has 0 aliphatic heterocycles.